The first-order valence-corrected chi connectivity index (χ1v) is 15.7. The molecule has 46 heavy (non-hydrogen) atoms. The van der Waals surface area contributed by atoms with Crippen molar-refractivity contribution >= 4 is 38.0 Å². The maximum atomic E-state index is 14.4. The van der Waals surface area contributed by atoms with Gasteiger partial charge in [0.2, 0.25) is 9.84 Å². The zero-order valence-electron chi connectivity index (χ0n) is 25.0. The Morgan fingerprint density at radius 2 is 1.76 bits per heavy atom. The lowest BCUT2D eigenvalue weighted by atomic mass is 10.0. The molecule has 0 aliphatic carbocycles. The number of aromatic nitrogens is 6. The van der Waals surface area contributed by atoms with Gasteiger partial charge in [0.1, 0.15) is 10.9 Å². The molecule has 2 aromatic carbocycles. The van der Waals surface area contributed by atoms with Crippen molar-refractivity contribution in [3.05, 3.63) is 112 Å². The molecule has 5 N–H and O–H groups in total. The summed E-state index contributed by atoms with van der Waals surface area (Å²) < 4.78 is 30.0. The van der Waals surface area contributed by atoms with Crippen LogP contribution >= 0.6 is 0 Å². The first-order chi connectivity index (χ1) is 22.0. The average Bonchev–Trinajstić information content (AvgIpc) is 3.58. The Kier molecular flexibility index (Phi) is 7.64. The van der Waals surface area contributed by atoms with E-state index in [2.05, 4.69) is 32.3 Å². The number of anilines is 1. The summed E-state index contributed by atoms with van der Waals surface area (Å²) in [4.78, 5) is 32.1. The van der Waals surface area contributed by atoms with Gasteiger partial charge in [0.05, 0.1) is 23.2 Å². The number of benzene rings is 2. The third-order valence-electron chi connectivity index (χ3n) is 7.51. The van der Waals surface area contributed by atoms with E-state index in [4.69, 9.17) is 11.5 Å². The van der Waals surface area contributed by atoms with Crippen LogP contribution in [0.5, 0.6) is 0 Å². The summed E-state index contributed by atoms with van der Waals surface area (Å²) in [6, 6.07) is 17.0. The Labute approximate surface area is 263 Å². The number of sulfone groups is 1. The maximum absolute atomic E-state index is 14.4. The molecule has 0 saturated heterocycles. The van der Waals surface area contributed by atoms with Crippen LogP contribution in [0.25, 0.3) is 22.1 Å². The second-order valence-corrected chi connectivity index (χ2v) is 12.9. The van der Waals surface area contributed by atoms with Crippen LogP contribution in [-0.4, -0.2) is 48.6 Å². The number of para-hydroxylation sites is 1. The minimum absolute atomic E-state index is 0.0241. The molecule has 0 spiro atoms. The molecule has 1 amide bonds. The highest BCUT2D eigenvalue weighted by Crippen LogP contribution is 2.25. The monoisotopic (exact) mass is 635 g/mol. The van der Waals surface area contributed by atoms with Crippen molar-refractivity contribution in [2.45, 2.75) is 30.3 Å². The normalized spacial score (nSPS) is 12.9. The van der Waals surface area contributed by atoms with E-state index in [-0.39, 0.29) is 27.5 Å². The van der Waals surface area contributed by atoms with Crippen LogP contribution < -0.4 is 22.3 Å². The fourth-order valence-electron chi connectivity index (χ4n) is 5.27. The minimum Gasteiger partial charge on any atom is -0.381 e. The van der Waals surface area contributed by atoms with Crippen molar-refractivity contribution in [2.24, 2.45) is 12.8 Å². The summed E-state index contributed by atoms with van der Waals surface area (Å²) in [5.74, 6) is 5.40. The lowest BCUT2D eigenvalue weighted by Gasteiger charge is -2.21. The van der Waals surface area contributed by atoms with Gasteiger partial charge in [-0.15, -0.1) is 5.10 Å². The average molecular weight is 636 g/mol. The standard InChI is InChI=1S/C32H29N9O4S/c1-19(37-30(42)27-28(34)38-40-16-8-15-35-29(27)40)25-17-22-10-7-9-21(26(22)31(43)41(25)24-11-5-4-6-12-24)13-14-23-18-36-39(3)32(23)46(44,45)20(2)33/h4-12,15-20H,33H2,1-3H3,(H2,34,38)(H,37,42). The number of nitrogens with two attached hydrogens (primary N) is 2. The first kappa shape index (κ1) is 30.3. The van der Waals surface area contributed by atoms with Crippen molar-refractivity contribution in [3.63, 3.8) is 0 Å². The molecule has 232 valence electrons. The fraction of sp³-hybridized carbons (Fsp3) is 0.156. The van der Waals surface area contributed by atoms with Gasteiger partial charge in [-0.3, -0.25) is 18.8 Å². The molecule has 6 aromatic rings. The molecule has 0 saturated carbocycles. The number of nitrogen functional groups attached to an aromatic ring is 1. The van der Waals surface area contributed by atoms with Crippen LogP contribution in [-0.2, 0) is 16.9 Å². The molecule has 0 radical (unpaired) electrons. The third kappa shape index (κ3) is 5.17. The predicted molar refractivity (Wildman–Crippen MR) is 173 cm³/mol. The van der Waals surface area contributed by atoms with E-state index >= 15 is 0 Å². The number of aryl methyl sites for hydroxylation is 1. The molecule has 14 heteroatoms. The number of pyridine rings is 1. The zero-order valence-corrected chi connectivity index (χ0v) is 25.9. The minimum atomic E-state index is -3.89. The van der Waals surface area contributed by atoms with Crippen LogP contribution in [0.1, 0.15) is 47.1 Å². The number of fused-ring (bicyclic) bond motifs is 2. The molecule has 2 unspecified atom stereocenters. The summed E-state index contributed by atoms with van der Waals surface area (Å²) >= 11 is 0. The van der Waals surface area contributed by atoms with Crippen LogP contribution in [0.4, 0.5) is 5.82 Å². The van der Waals surface area contributed by atoms with Gasteiger partial charge < -0.3 is 16.8 Å². The molecule has 2 atom stereocenters. The van der Waals surface area contributed by atoms with E-state index < -0.39 is 27.2 Å². The van der Waals surface area contributed by atoms with E-state index in [1.807, 2.05) is 12.1 Å². The number of nitrogens with zero attached hydrogens (tertiary/aromatic N) is 6. The van der Waals surface area contributed by atoms with E-state index in [0.29, 0.717) is 33.4 Å². The van der Waals surface area contributed by atoms with Gasteiger partial charge in [-0.05, 0) is 49.6 Å². The molecule has 0 aliphatic heterocycles. The molecule has 0 aliphatic rings. The number of carbonyl (C=O) groups is 1. The van der Waals surface area contributed by atoms with Crippen molar-refractivity contribution in [1.82, 2.24) is 34.3 Å². The zero-order chi connectivity index (χ0) is 32.7. The van der Waals surface area contributed by atoms with Crippen LogP contribution in [0.2, 0.25) is 0 Å². The summed E-state index contributed by atoms with van der Waals surface area (Å²) in [5.41, 5.74) is 13.5. The topological polar surface area (TPSA) is 185 Å². The molecule has 4 heterocycles. The Balaban J connectivity index is 1.48. The van der Waals surface area contributed by atoms with Gasteiger partial charge in [-0.2, -0.15) is 5.10 Å². The molecular formula is C32H29N9O4S. The molecular weight excluding hydrogens is 606 g/mol. The van der Waals surface area contributed by atoms with Crippen molar-refractivity contribution in [2.75, 3.05) is 5.73 Å². The number of amides is 1. The molecule has 13 nitrogen and oxygen atoms in total. The van der Waals surface area contributed by atoms with E-state index in [9.17, 15) is 18.0 Å². The number of rotatable bonds is 6. The molecule has 0 fully saturated rings. The lowest BCUT2D eigenvalue weighted by molar-refractivity contribution is 0.0941. The molecule has 4 aromatic heterocycles. The smallest absolute Gasteiger partial charge is 0.264 e. The molecule has 0 bridgehead atoms. The fourth-order valence-corrected chi connectivity index (χ4v) is 6.45. The Morgan fingerprint density at radius 3 is 2.50 bits per heavy atom. The van der Waals surface area contributed by atoms with Gasteiger partial charge in [-0.25, -0.2) is 17.9 Å². The highest BCUT2D eigenvalue weighted by Gasteiger charge is 2.27. The Morgan fingerprint density at radius 1 is 1.02 bits per heavy atom. The second kappa shape index (κ2) is 11.6. The Hall–Kier alpha value is -5.78. The SMILES string of the molecule is CC(NC(=O)c1c(N)nn2cccnc12)c1cc2cccc(C#Cc3cnn(C)c3S(=O)(=O)C(C)N)c2c(=O)n1-c1ccccc1. The largest absolute Gasteiger partial charge is 0.381 e. The van der Waals surface area contributed by atoms with Crippen LogP contribution in [0, 0.1) is 11.8 Å². The van der Waals surface area contributed by atoms with Gasteiger partial charge in [0.25, 0.3) is 11.5 Å². The summed E-state index contributed by atoms with van der Waals surface area (Å²) in [5, 5.41) is 10.8. The van der Waals surface area contributed by atoms with Crippen LogP contribution in [0.15, 0.2) is 89.1 Å². The number of carbonyl (C=O) groups excluding carboxylic acids is 1. The number of hydrogen-bond donors (Lipinski definition) is 3. The molecule has 6 rings (SSSR count). The van der Waals surface area contributed by atoms with Crippen molar-refractivity contribution < 1.29 is 13.2 Å². The predicted octanol–water partition coefficient (Wildman–Crippen LogP) is 2.32. The quantitative estimate of drug-likeness (QED) is 0.231. The van der Waals surface area contributed by atoms with Crippen molar-refractivity contribution in [1.29, 1.82) is 0 Å². The van der Waals surface area contributed by atoms with Gasteiger partial charge >= 0.3 is 0 Å². The number of hydrogen-bond acceptors (Lipinski definition) is 9. The first-order valence-electron chi connectivity index (χ1n) is 14.2. The van der Waals surface area contributed by atoms with E-state index in [1.54, 1.807) is 67.8 Å². The van der Waals surface area contributed by atoms with E-state index in [0.717, 1.165) is 0 Å². The maximum Gasteiger partial charge on any atom is 0.264 e. The lowest BCUT2D eigenvalue weighted by Crippen LogP contribution is -2.32. The van der Waals surface area contributed by atoms with Gasteiger partial charge in [0.15, 0.2) is 16.5 Å². The number of nitrogens with one attached hydrogen (secondary N) is 1. The van der Waals surface area contributed by atoms with Gasteiger partial charge in [-0.1, -0.05) is 42.2 Å². The summed E-state index contributed by atoms with van der Waals surface area (Å²) in [7, 11) is -2.39. The Bertz CT molecular complexity index is 2380. The van der Waals surface area contributed by atoms with Gasteiger partial charge in [0, 0.05) is 36.4 Å². The third-order valence-corrected chi connectivity index (χ3v) is 9.51. The highest BCUT2D eigenvalue weighted by molar-refractivity contribution is 7.92. The second-order valence-electron chi connectivity index (χ2n) is 10.6. The van der Waals surface area contributed by atoms with Crippen LogP contribution in [0.3, 0.4) is 0 Å². The summed E-state index contributed by atoms with van der Waals surface area (Å²) in [6.07, 6.45) is 4.53. The van der Waals surface area contributed by atoms with E-state index in [1.165, 1.54) is 33.9 Å². The highest BCUT2D eigenvalue weighted by atomic mass is 32.2. The van der Waals surface area contributed by atoms with Crippen molar-refractivity contribution in [3.8, 4) is 17.5 Å². The summed E-state index contributed by atoms with van der Waals surface area (Å²) in [6.45, 7) is 3.14.